The fraction of sp³-hybridized carbons (Fsp3) is 0.750. The van der Waals surface area contributed by atoms with E-state index < -0.39 is 0 Å². The van der Waals surface area contributed by atoms with Crippen molar-refractivity contribution in [1.82, 2.24) is 10.2 Å². The van der Waals surface area contributed by atoms with Crippen LogP contribution in [0.15, 0.2) is 12.2 Å². The molecule has 0 bridgehead atoms. The maximum absolute atomic E-state index is 12.2. The number of carbonyl (C=O) groups excluding carboxylic acids is 1. The molecule has 1 N–H and O–H groups in total. The molecule has 1 saturated heterocycles. The first-order chi connectivity index (χ1) is 7.33. The van der Waals surface area contributed by atoms with E-state index >= 15 is 0 Å². The van der Waals surface area contributed by atoms with Crippen LogP contribution in [0.5, 0.6) is 0 Å². The summed E-state index contributed by atoms with van der Waals surface area (Å²) in [4.78, 5) is 14.3. The van der Waals surface area contributed by atoms with Gasteiger partial charge in [0.1, 0.15) is 0 Å². The summed E-state index contributed by atoms with van der Waals surface area (Å²) < 4.78 is 0. The van der Waals surface area contributed by atoms with Crippen molar-refractivity contribution in [2.45, 2.75) is 32.2 Å². The zero-order valence-corrected chi connectivity index (χ0v) is 9.41. The number of likely N-dealkylation sites (N-methyl/N-ethyl adjacent to an activating group) is 1. The molecular weight excluding hydrogens is 188 g/mol. The second-order valence-electron chi connectivity index (χ2n) is 4.41. The van der Waals surface area contributed by atoms with Gasteiger partial charge in [0.25, 0.3) is 0 Å². The molecule has 0 radical (unpaired) electrons. The first-order valence-corrected chi connectivity index (χ1v) is 5.99. The third-order valence-corrected chi connectivity index (χ3v) is 3.46. The van der Waals surface area contributed by atoms with Crippen molar-refractivity contribution in [3.05, 3.63) is 12.2 Å². The molecule has 0 spiro atoms. The normalized spacial score (nSPS) is 26.1. The van der Waals surface area contributed by atoms with Crippen molar-refractivity contribution in [2.24, 2.45) is 5.92 Å². The number of rotatable bonds is 3. The van der Waals surface area contributed by atoms with E-state index in [-0.39, 0.29) is 5.92 Å². The number of nitrogens with one attached hydrogen (secondary N) is 1. The Kier molecular flexibility index (Phi) is 3.41. The van der Waals surface area contributed by atoms with E-state index in [2.05, 4.69) is 29.3 Å². The Morgan fingerprint density at radius 3 is 2.73 bits per heavy atom. The quantitative estimate of drug-likeness (QED) is 0.706. The zero-order chi connectivity index (χ0) is 10.7. The van der Waals surface area contributed by atoms with Crippen molar-refractivity contribution in [3.63, 3.8) is 0 Å². The molecule has 0 aromatic rings. The van der Waals surface area contributed by atoms with E-state index in [9.17, 15) is 4.79 Å². The number of hydrogen-bond acceptors (Lipinski definition) is 2. The summed E-state index contributed by atoms with van der Waals surface area (Å²) in [6.07, 6.45) is 7.25. The molecule has 1 unspecified atom stereocenters. The van der Waals surface area contributed by atoms with Crippen molar-refractivity contribution >= 4 is 5.91 Å². The molecule has 2 aliphatic rings. The van der Waals surface area contributed by atoms with Crippen LogP contribution < -0.4 is 5.32 Å². The number of nitrogens with zero attached hydrogens (tertiary/aromatic N) is 1. The zero-order valence-electron chi connectivity index (χ0n) is 9.41. The summed E-state index contributed by atoms with van der Waals surface area (Å²) in [5.41, 5.74) is 0. The smallest absolute Gasteiger partial charge is 0.226 e. The molecular formula is C12H20N2O. The molecule has 3 nitrogen and oxygen atoms in total. The molecule has 0 aromatic carbocycles. The lowest BCUT2D eigenvalue weighted by Gasteiger charge is -2.29. The van der Waals surface area contributed by atoms with E-state index in [0.29, 0.717) is 11.9 Å². The Bertz CT molecular complexity index is 248. The topological polar surface area (TPSA) is 32.3 Å². The van der Waals surface area contributed by atoms with Gasteiger partial charge in [0.05, 0.1) is 0 Å². The second kappa shape index (κ2) is 4.79. The van der Waals surface area contributed by atoms with Crippen molar-refractivity contribution < 1.29 is 4.79 Å². The predicted octanol–water partition coefficient (Wildman–Crippen LogP) is 1.16. The molecule has 1 fully saturated rings. The first kappa shape index (κ1) is 10.7. The van der Waals surface area contributed by atoms with E-state index in [1.807, 2.05) is 0 Å². The lowest BCUT2D eigenvalue weighted by molar-refractivity contribution is -0.136. The van der Waals surface area contributed by atoms with Crippen molar-refractivity contribution in [3.8, 4) is 0 Å². The van der Waals surface area contributed by atoms with Gasteiger partial charge in [-0.05, 0) is 32.7 Å². The third-order valence-electron chi connectivity index (χ3n) is 3.46. The van der Waals surface area contributed by atoms with Gasteiger partial charge in [0.2, 0.25) is 5.91 Å². The first-order valence-electron chi connectivity index (χ1n) is 5.99. The maximum Gasteiger partial charge on any atom is 0.226 e. The van der Waals surface area contributed by atoms with Gasteiger partial charge in [-0.1, -0.05) is 12.2 Å². The van der Waals surface area contributed by atoms with Gasteiger partial charge in [-0.3, -0.25) is 4.79 Å². The van der Waals surface area contributed by atoms with Gasteiger partial charge in [0, 0.05) is 25.0 Å². The van der Waals surface area contributed by atoms with E-state index in [0.717, 1.165) is 38.9 Å². The van der Waals surface area contributed by atoms with Crippen LogP contribution in [0.1, 0.15) is 26.2 Å². The highest BCUT2D eigenvalue weighted by Crippen LogP contribution is 2.22. The van der Waals surface area contributed by atoms with Gasteiger partial charge >= 0.3 is 0 Å². The molecule has 1 atom stereocenters. The monoisotopic (exact) mass is 208 g/mol. The number of carbonyl (C=O) groups is 1. The number of allylic oxidation sites excluding steroid dienone is 2. The van der Waals surface area contributed by atoms with Crippen LogP contribution in [0.3, 0.4) is 0 Å². The standard InChI is InChI=1S/C12H20N2O/c1-2-14(11-7-8-13-9-11)12(15)10-5-3-4-6-10/h3-4,10-11,13H,2,5-9H2,1H3. The molecule has 1 aliphatic heterocycles. The lowest BCUT2D eigenvalue weighted by Crippen LogP contribution is -2.44. The van der Waals surface area contributed by atoms with Crippen LogP contribution in [0.4, 0.5) is 0 Å². The summed E-state index contributed by atoms with van der Waals surface area (Å²) in [6.45, 7) is 4.96. The van der Waals surface area contributed by atoms with Crippen LogP contribution in [0.2, 0.25) is 0 Å². The summed E-state index contributed by atoms with van der Waals surface area (Å²) in [7, 11) is 0. The van der Waals surface area contributed by atoms with Gasteiger partial charge < -0.3 is 10.2 Å². The number of amides is 1. The summed E-state index contributed by atoms with van der Waals surface area (Å²) in [5.74, 6) is 0.585. The molecule has 84 valence electrons. The minimum Gasteiger partial charge on any atom is -0.338 e. The summed E-state index contributed by atoms with van der Waals surface area (Å²) >= 11 is 0. The Morgan fingerprint density at radius 2 is 2.20 bits per heavy atom. The van der Waals surface area contributed by atoms with E-state index in [1.165, 1.54) is 0 Å². The SMILES string of the molecule is CCN(C(=O)C1CC=CC1)C1CCNC1. The largest absolute Gasteiger partial charge is 0.338 e. The Morgan fingerprint density at radius 1 is 1.47 bits per heavy atom. The average Bonchev–Trinajstić information content (AvgIpc) is 2.91. The molecule has 0 saturated carbocycles. The molecule has 1 heterocycles. The fourth-order valence-electron chi connectivity index (χ4n) is 2.55. The molecule has 1 aliphatic carbocycles. The van der Waals surface area contributed by atoms with Crippen LogP contribution in [0, 0.1) is 5.92 Å². The summed E-state index contributed by atoms with van der Waals surface area (Å²) in [6, 6.07) is 0.433. The fourth-order valence-corrected chi connectivity index (χ4v) is 2.55. The Hall–Kier alpha value is -0.830. The molecule has 0 aromatic heterocycles. The van der Waals surface area contributed by atoms with Gasteiger partial charge in [-0.2, -0.15) is 0 Å². The van der Waals surface area contributed by atoms with Gasteiger partial charge in [-0.15, -0.1) is 0 Å². The Balaban J connectivity index is 1.95. The second-order valence-corrected chi connectivity index (χ2v) is 4.41. The average molecular weight is 208 g/mol. The highest BCUT2D eigenvalue weighted by atomic mass is 16.2. The summed E-state index contributed by atoms with van der Waals surface area (Å²) in [5, 5.41) is 3.32. The van der Waals surface area contributed by atoms with E-state index in [1.54, 1.807) is 0 Å². The minimum absolute atomic E-state index is 0.227. The molecule has 15 heavy (non-hydrogen) atoms. The maximum atomic E-state index is 12.2. The molecule has 3 heteroatoms. The minimum atomic E-state index is 0.227. The van der Waals surface area contributed by atoms with Gasteiger partial charge in [-0.25, -0.2) is 0 Å². The van der Waals surface area contributed by atoms with Crippen LogP contribution in [0.25, 0.3) is 0 Å². The highest BCUT2D eigenvalue weighted by Gasteiger charge is 2.30. The molecule has 2 rings (SSSR count). The van der Waals surface area contributed by atoms with Crippen LogP contribution in [-0.4, -0.2) is 36.5 Å². The van der Waals surface area contributed by atoms with Crippen molar-refractivity contribution in [1.29, 1.82) is 0 Å². The van der Waals surface area contributed by atoms with Gasteiger partial charge in [0.15, 0.2) is 0 Å². The van der Waals surface area contributed by atoms with Crippen LogP contribution in [-0.2, 0) is 4.79 Å². The lowest BCUT2D eigenvalue weighted by atomic mass is 10.0. The third kappa shape index (κ3) is 2.23. The molecule has 1 amide bonds. The number of hydrogen-bond donors (Lipinski definition) is 1. The van der Waals surface area contributed by atoms with Crippen LogP contribution >= 0.6 is 0 Å². The highest BCUT2D eigenvalue weighted by molar-refractivity contribution is 5.80. The van der Waals surface area contributed by atoms with Crippen molar-refractivity contribution in [2.75, 3.05) is 19.6 Å². The Labute approximate surface area is 91.5 Å². The predicted molar refractivity (Wildman–Crippen MR) is 60.5 cm³/mol. The van der Waals surface area contributed by atoms with E-state index in [4.69, 9.17) is 0 Å².